The second kappa shape index (κ2) is 8.55. The minimum atomic E-state index is 0.723. The van der Waals surface area contributed by atoms with Crippen molar-refractivity contribution in [1.82, 2.24) is 5.32 Å². The molecule has 1 aromatic rings. The summed E-state index contributed by atoms with van der Waals surface area (Å²) in [6, 6.07) is 8.28. The van der Waals surface area contributed by atoms with Gasteiger partial charge in [0.2, 0.25) is 0 Å². The molecule has 0 bridgehead atoms. The van der Waals surface area contributed by atoms with Gasteiger partial charge in [-0.3, -0.25) is 0 Å². The molecule has 1 nitrogen and oxygen atoms in total. The third kappa shape index (κ3) is 5.41. The van der Waals surface area contributed by atoms with Crippen LogP contribution in [0.5, 0.6) is 0 Å². The van der Waals surface area contributed by atoms with Crippen molar-refractivity contribution in [2.45, 2.75) is 39.5 Å². The molecule has 0 aromatic heterocycles. The van der Waals surface area contributed by atoms with Gasteiger partial charge in [0.1, 0.15) is 0 Å². The van der Waals surface area contributed by atoms with Crippen molar-refractivity contribution in [3.8, 4) is 0 Å². The molecule has 1 N–H and O–H groups in total. The Labute approximate surface area is 117 Å². The van der Waals surface area contributed by atoms with Crippen LogP contribution in [0.2, 0.25) is 5.02 Å². The van der Waals surface area contributed by atoms with Gasteiger partial charge in [0.15, 0.2) is 0 Å². The zero-order chi connectivity index (χ0) is 13.4. The molecule has 1 atom stereocenters. The van der Waals surface area contributed by atoms with Crippen molar-refractivity contribution >= 4 is 11.6 Å². The Morgan fingerprint density at radius 3 is 2.17 bits per heavy atom. The Hall–Kier alpha value is -0.530. The van der Waals surface area contributed by atoms with E-state index in [1.165, 1.54) is 24.8 Å². The molecule has 0 aliphatic carbocycles. The summed E-state index contributed by atoms with van der Waals surface area (Å²) in [7, 11) is 2.04. The second-order valence-electron chi connectivity index (χ2n) is 5.17. The van der Waals surface area contributed by atoms with E-state index in [1.807, 2.05) is 19.2 Å². The lowest BCUT2D eigenvalue weighted by Gasteiger charge is -2.22. The summed E-state index contributed by atoms with van der Waals surface area (Å²) < 4.78 is 0. The molecule has 0 saturated heterocycles. The van der Waals surface area contributed by atoms with E-state index in [9.17, 15) is 0 Å². The summed E-state index contributed by atoms with van der Waals surface area (Å²) in [5, 5.41) is 4.15. The van der Waals surface area contributed by atoms with E-state index in [4.69, 9.17) is 11.6 Å². The van der Waals surface area contributed by atoms with Crippen molar-refractivity contribution in [3.05, 3.63) is 34.9 Å². The number of nitrogens with one attached hydrogen (secondary N) is 1. The first-order valence-electron chi connectivity index (χ1n) is 7.08. The summed E-state index contributed by atoms with van der Waals surface area (Å²) in [5.41, 5.74) is 1.39. The van der Waals surface area contributed by atoms with Crippen LogP contribution in [0.15, 0.2) is 24.3 Å². The summed E-state index contributed by atoms with van der Waals surface area (Å²) in [4.78, 5) is 0. The van der Waals surface area contributed by atoms with Gasteiger partial charge >= 0.3 is 0 Å². The standard InChI is InChI=1S/C16H26ClN/c1-4-13(5-2)10-15(12-18-3)11-14-6-8-16(17)9-7-14/h6-9,13,15,18H,4-5,10-12H2,1-3H3. The van der Waals surface area contributed by atoms with Gasteiger partial charge in [-0.25, -0.2) is 0 Å². The lowest BCUT2D eigenvalue weighted by Crippen LogP contribution is -2.23. The lowest BCUT2D eigenvalue weighted by atomic mass is 9.87. The maximum atomic E-state index is 5.93. The van der Waals surface area contributed by atoms with Crippen LogP contribution in [-0.4, -0.2) is 13.6 Å². The van der Waals surface area contributed by atoms with E-state index in [0.717, 1.165) is 29.8 Å². The molecule has 0 aliphatic rings. The highest BCUT2D eigenvalue weighted by Crippen LogP contribution is 2.22. The summed E-state index contributed by atoms with van der Waals surface area (Å²) in [6.45, 7) is 5.69. The van der Waals surface area contributed by atoms with Gasteiger partial charge in [-0.15, -0.1) is 0 Å². The van der Waals surface area contributed by atoms with Crippen molar-refractivity contribution in [2.75, 3.05) is 13.6 Å². The molecule has 0 amide bonds. The normalized spacial score (nSPS) is 12.9. The third-order valence-electron chi connectivity index (χ3n) is 3.75. The fourth-order valence-electron chi connectivity index (χ4n) is 2.57. The molecule has 102 valence electrons. The van der Waals surface area contributed by atoms with E-state index in [0.29, 0.717) is 0 Å². The average molecular weight is 268 g/mol. The highest BCUT2D eigenvalue weighted by Gasteiger charge is 2.14. The Balaban J connectivity index is 2.58. The predicted molar refractivity (Wildman–Crippen MR) is 81.3 cm³/mol. The molecule has 0 aliphatic heterocycles. The van der Waals surface area contributed by atoms with Gasteiger partial charge in [0.05, 0.1) is 0 Å². The summed E-state index contributed by atoms with van der Waals surface area (Å²) in [6.07, 6.45) is 5.04. The molecule has 1 aromatic carbocycles. The molecule has 18 heavy (non-hydrogen) atoms. The first-order chi connectivity index (χ1) is 8.69. The highest BCUT2D eigenvalue weighted by molar-refractivity contribution is 6.30. The van der Waals surface area contributed by atoms with E-state index in [-0.39, 0.29) is 0 Å². The minimum absolute atomic E-state index is 0.723. The highest BCUT2D eigenvalue weighted by atomic mass is 35.5. The number of hydrogen-bond acceptors (Lipinski definition) is 1. The molecular formula is C16H26ClN. The van der Waals surface area contributed by atoms with Gasteiger partial charge in [-0.2, -0.15) is 0 Å². The third-order valence-corrected chi connectivity index (χ3v) is 4.00. The number of benzene rings is 1. The van der Waals surface area contributed by atoms with Crippen LogP contribution >= 0.6 is 11.6 Å². The van der Waals surface area contributed by atoms with E-state index in [2.05, 4.69) is 31.3 Å². The topological polar surface area (TPSA) is 12.0 Å². The second-order valence-corrected chi connectivity index (χ2v) is 5.61. The number of halogens is 1. The van der Waals surface area contributed by atoms with E-state index in [1.54, 1.807) is 0 Å². The van der Waals surface area contributed by atoms with E-state index < -0.39 is 0 Å². The molecule has 0 spiro atoms. The van der Waals surface area contributed by atoms with Crippen LogP contribution in [0.3, 0.4) is 0 Å². The summed E-state index contributed by atoms with van der Waals surface area (Å²) in [5.74, 6) is 1.58. The zero-order valence-electron chi connectivity index (χ0n) is 11.9. The van der Waals surface area contributed by atoms with Crippen LogP contribution < -0.4 is 5.32 Å². The Morgan fingerprint density at radius 1 is 1.06 bits per heavy atom. The molecule has 1 unspecified atom stereocenters. The quantitative estimate of drug-likeness (QED) is 0.729. The fourth-order valence-corrected chi connectivity index (χ4v) is 2.70. The SMILES string of the molecule is CCC(CC)CC(CNC)Cc1ccc(Cl)cc1. The lowest BCUT2D eigenvalue weighted by molar-refractivity contribution is 0.344. The maximum Gasteiger partial charge on any atom is 0.0406 e. The fraction of sp³-hybridized carbons (Fsp3) is 0.625. The predicted octanol–water partition coefficient (Wildman–Crippen LogP) is 4.54. The van der Waals surface area contributed by atoms with Gasteiger partial charge in [-0.05, 0) is 56.0 Å². The molecule has 0 saturated carbocycles. The molecule has 2 heteroatoms. The maximum absolute atomic E-state index is 5.93. The molecule has 0 heterocycles. The van der Waals surface area contributed by atoms with Crippen LogP contribution in [0.1, 0.15) is 38.7 Å². The Kier molecular flexibility index (Phi) is 7.38. The minimum Gasteiger partial charge on any atom is -0.319 e. The Bertz CT molecular complexity index is 316. The number of rotatable bonds is 8. The monoisotopic (exact) mass is 267 g/mol. The molecule has 0 radical (unpaired) electrons. The smallest absolute Gasteiger partial charge is 0.0406 e. The van der Waals surface area contributed by atoms with Gasteiger partial charge < -0.3 is 5.32 Å². The van der Waals surface area contributed by atoms with Crippen molar-refractivity contribution in [2.24, 2.45) is 11.8 Å². The Morgan fingerprint density at radius 2 is 1.67 bits per heavy atom. The summed E-state index contributed by atoms with van der Waals surface area (Å²) >= 11 is 5.93. The van der Waals surface area contributed by atoms with Crippen LogP contribution in [0.25, 0.3) is 0 Å². The van der Waals surface area contributed by atoms with Crippen LogP contribution in [0, 0.1) is 11.8 Å². The average Bonchev–Trinajstić information content (AvgIpc) is 2.38. The van der Waals surface area contributed by atoms with Crippen molar-refractivity contribution < 1.29 is 0 Å². The zero-order valence-corrected chi connectivity index (χ0v) is 12.6. The van der Waals surface area contributed by atoms with Gasteiger partial charge in [0, 0.05) is 5.02 Å². The van der Waals surface area contributed by atoms with Crippen LogP contribution in [-0.2, 0) is 6.42 Å². The first-order valence-corrected chi connectivity index (χ1v) is 7.46. The van der Waals surface area contributed by atoms with Crippen LogP contribution in [0.4, 0.5) is 0 Å². The van der Waals surface area contributed by atoms with Crippen molar-refractivity contribution in [3.63, 3.8) is 0 Å². The van der Waals surface area contributed by atoms with Gasteiger partial charge in [0.25, 0.3) is 0 Å². The largest absolute Gasteiger partial charge is 0.319 e. The molecule has 1 rings (SSSR count). The first kappa shape index (κ1) is 15.5. The van der Waals surface area contributed by atoms with E-state index >= 15 is 0 Å². The molecule has 0 fully saturated rings. The number of hydrogen-bond donors (Lipinski definition) is 1. The van der Waals surface area contributed by atoms with Crippen molar-refractivity contribution in [1.29, 1.82) is 0 Å². The van der Waals surface area contributed by atoms with Gasteiger partial charge in [-0.1, -0.05) is 50.4 Å². The molecular weight excluding hydrogens is 242 g/mol.